The fourth-order valence-electron chi connectivity index (χ4n) is 3.74. The number of nitrogens with one attached hydrogen (secondary N) is 1. The summed E-state index contributed by atoms with van der Waals surface area (Å²) in [6.07, 6.45) is 0.767. The Morgan fingerprint density at radius 1 is 1.28 bits per heavy atom. The molecule has 0 aliphatic carbocycles. The van der Waals surface area contributed by atoms with Crippen LogP contribution in [0.5, 0.6) is 5.75 Å². The lowest BCUT2D eigenvalue weighted by Gasteiger charge is -2.29. The molecule has 1 saturated heterocycles. The van der Waals surface area contributed by atoms with Gasteiger partial charge in [0.05, 0.1) is 19.0 Å². The van der Waals surface area contributed by atoms with Gasteiger partial charge in [0.25, 0.3) is 0 Å². The van der Waals surface area contributed by atoms with Gasteiger partial charge in [0.15, 0.2) is 23.6 Å². The zero-order valence-electron chi connectivity index (χ0n) is 18.2. The molecule has 0 amide bonds. The summed E-state index contributed by atoms with van der Waals surface area (Å²) in [7, 11) is 0. The second-order valence-electron chi connectivity index (χ2n) is 8.80. The number of aromatic nitrogens is 4. The average molecular weight is 441 g/mol. The molecule has 10 nitrogen and oxygen atoms in total. The van der Waals surface area contributed by atoms with Crippen LogP contribution >= 0.6 is 0 Å². The normalized spacial score (nSPS) is 23.4. The number of carbonyl (C=O) groups excluding carboxylic acids is 1. The van der Waals surface area contributed by atoms with Gasteiger partial charge in [0.1, 0.15) is 18.2 Å². The first-order valence-electron chi connectivity index (χ1n) is 10.4. The predicted molar refractivity (Wildman–Crippen MR) is 116 cm³/mol. The number of rotatable bonds is 7. The molecule has 32 heavy (non-hydrogen) atoms. The zero-order chi connectivity index (χ0) is 22.9. The summed E-state index contributed by atoms with van der Waals surface area (Å²) in [5, 5.41) is 23.4. The minimum atomic E-state index is -1.64. The molecule has 3 heterocycles. The molecule has 4 rings (SSSR count). The van der Waals surface area contributed by atoms with E-state index in [1.54, 1.807) is 24.3 Å². The minimum absolute atomic E-state index is 0.0767. The maximum absolute atomic E-state index is 13.5. The van der Waals surface area contributed by atoms with Crippen LogP contribution in [0.15, 0.2) is 43.0 Å². The molecule has 1 aliphatic heterocycles. The molecule has 0 unspecified atom stereocenters. The number of anilines is 1. The van der Waals surface area contributed by atoms with Crippen molar-refractivity contribution in [3.63, 3.8) is 0 Å². The number of para-hydroxylation sites is 1. The highest BCUT2D eigenvalue weighted by Gasteiger charge is 2.53. The molecule has 2 aromatic heterocycles. The number of benzene rings is 1. The third-order valence-corrected chi connectivity index (χ3v) is 5.21. The number of aliphatic hydroxyl groups is 2. The quantitative estimate of drug-likeness (QED) is 0.499. The number of fused-ring (bicyclic) bond motifs is 1. The Hall–Kier alpha value is -3.08. The summed E-state index contributed by atoms with van der Waals surface area (Å²) in [6.45, 7) is 5.24. The van der Waals surface area contributed by atoms with Crippen molar-refractivity contribution < 1.29 is 24.5 Å². The van der Waals surface area contributed by atoms with Gasteiger partial charge >= 0.3 is 0 Å². The van der Waals surface area contributed by atoms with Crippen LogP contribution in [0.25, 0.3) is 11.2 Å². The van der Waals surface area contributed by atoms with Crippen molar-refractivity contribution in [2.45, 2.75) is 50.7 Å². The second-order valence-corrected chi connectivity index (χ2v) is 8.80. The minimum Gasteiger partial charge on any atom is -0.486 e. The van der Waals surface area contributed by atoms with Crippen molar-refractivity contribution >= 4 is 22.8 Å². The highest BCUT2D eigenvalue weighted by molar-refractivity contribution is 5.90. The third-order valence-electron chi connectivity index (χ3n) is 5.21. The summed E-state index contributed by atoms with van der Waals surface area (Å²) in [5.74, 6) is 0.615. The number of hydrogen-bond donors (Lipinski definition) is 3. The van der Waals surface area contributed by atoms with E-state index in [9.17, 15) is 15.0 Å². The number of nitrogens with zero attached hydrogens (tertiary/aromatic N) is 4. The van der Waals surface area contributed by atoms with Gasteiger partial charge in [-0.05, 0) is 32.9 Å². The van der Waals surface area contributed by atoms with Gasteiger partial charge in [-0.15, -0.1) is 0 Å². The fourth-order valence-corrected chi connectivity index (χ4v) is 3.74. The molecule has 0 bridgehead atoms. The van der Waals surface area contributed by atoms with Gasteiger partial charge in [-0.25, -0.2) is 15.0 Å². The van der Waals surface area contributed by atoms with E-state index in [-0.39, 0.29) is 18.6 Å². The summed E-state index contributed by atoms with van der Waals surface area (Å²) in [6, 6.07) is 8.93. The maximum Gasteiger partial charge on any atom is 0.223 e. The van der Waals surface area contributed by atoms with Crippen LogP contribution in [0.4, 0.5) is 5.82 Å². The number of ketones is 1. The molecular formula is C22H27N5O5. The Labute approximate surface area is 185 Å². The molecule has 3 atom stereocenters. The van der Waals surface area contributed by atoms with Crippen molar-refractivity contribution in [2.75, 3.05) is 18.5 Å². The van der Waals surface area contributed by atoms with Gasteiger partial charge in [-0.3, -0.25) is 9.36 Å². The van der Waals surface area contributed by atoms with E-state index >= 15 is 0 Å². The topological polar surface area (TPSA) is 132 Å². The first kappa shape index (κ1) is 22.1. The average Bonchev–Trinajstić information content (AvgIpc) is 3.34. The highest BCUT2D eigenvalue weighted by atomic mass is 16.6. The molecule has 3 N–H and O–H groups in total. The first-order chi connectivity index (χ1) is 15.2. The lowest BCUT2D eigenvalue weighted by molar-refractivity contribution is -0.162. The van der Waals surface area contributed by atoms with E-state index in [2.05, 4.69) is 20.3 Å². The highest BCUT2D eigenvalue weighted by Crippen LogP contribution is 2.38. The Morgan fingerprint density at radius 3 is 2.69 bits per heavy atom. The summed E-state index contributed by atoms with van der Waals surface area (Å²) >= 11 is 0. The van der Waals surface area contributed by atoms with Crippen LogP contribution in [0.1, 0.15) is 27.2 Å². The number of imidazole rings is 1. The number of carbonyl (C=O) groups is 1. The van der Waals surface area contributed by atoms with E-state index < -0.39 is 30.3 Å². The lowest BCUT2D eigenvalue weighted by atomic mass is 10.0. The molecule has 1 aliphatic rings. The van der Waals surface area contributed by atoms with Gasteiger partial charge < -0.3 is 25.0 Å². The number of hydrogen-bond acceptors (Lipinski definition) is 9. The van der Waals surface area contributed by atoms with Gasteiger partial charge in [0, 0.05) is 12.0 Å². The Bertz CT molecular complexity index is 1100. The Kier molecular flexibility index (Phi) is 5.85. The van der Waals surface area contributed by atoms with E-state index in [4.69, 9.17) is 9.47 Å². The van der Waals surface area contributed by atoms with Gasteiger partial charge in [0.2, 0.25) is 11.5 Å². The van der Waals surface area contributed by atoms with Crippen LogP contribution in [-0.4, -0.2) is 66.5 Å². The summed E-state index contributed by atoms with van der Waals surface area (Å²) < 4.78 is 13.1. The Balaban J connectivity index is 1.73. The van der Waals surface area contributed by atoms with Crippen molar-refractivity contribution in [1.82, 2.24) is 19.5 Å². The van der Waals surface area contributed by atoms with Gasteiger partial charge in [-0.1, -0.05) is 18.2 Å². The monoisotopic (exact) mass is 441 g/mol. The molecule has 170 valence electrons. The largest absolute Gasteiger partial charge is 0.486 e. The molecular weight excluding hydrogens is 414 g/mol. The molecule has 1 fully saturated rings. The third kappa shape index (κ3) is 4.16. The van der Waals surface area contributed by atoms with Crippen molar-refractivity contribution in [3.8, 4) is 5.75 Å². The van der Waals surface area contributed by atoms with Crippen molar-refractivity contribution in [1.29, 1.82) is 0 Å². The SMILES string of the molecule is CC(C)(C)Nc1ncnc2c1ncn2[C@@]1(C(=O)COc2ccccc2)C[C@H](O)[C@@H](CO)O1. The molecule has 1 aromatic carbocycles. The zero-order valence-corrected chi connectivity index (χ0v) is 18.2. The molecule has 3 aromatic rings. The van der Waals surface area contributed by atoms with Crippen LogP contribution in [0.2, 0.25) is 0 Å². The smallest absolute Gasteiger partial charge is 0.223 e. The maximum atomic E-state index is 13.5. The number of Topliss-reactive ketones (excluding diaryl/α,β-unsaturated/α-hetero) is 1. The van der Waals surface area contributed by atoms with E-state index in [1.165, 1.54) is 17.2 Å². The first-order valence-corrected chi connectivity index (χ1v) is 10.4. The molecule has 0 radical (unpaired) electrons. The fraction of sp³-hybridized carbons (Fsp3) is 0.455. The second kappa shape index (κ2) is 8.45. The summed E-state index contributed by atoms with van der Waals surface area (Å²) in [4.78, 5) is 26.5. The van der Waals surface area contributed by atoms with Crippen LogP contribution < -0.4 is 10.1 Å². The molecule has 0 saturated carbocycles. The standard InChI is InChI=1S/C22H27N5O5/c1-21(2,3)26-19-18-20(24-12-23-19)27(13-25-18)22(9-15(29)16(10-28)32-22)17(30)11-31-14-7-5-4-6-8-14/h4-8,12-13,15-16,28-29H,9-11H2,1-3H3,(H,23,24,26)/t15-,16+,22-/m0/s1. The summed E-state index contributed by atoms with van der Waals surface area (Å²) in [5.41, 5.74) is -1.08. The van der Waals surface area contributed by atoms with Gasteiger partial charge in [-0.2, -0.15) is 0 Å². The molecule has 10 heteroatoms. The van der Waals surface area contributed by atoms with Crippen molar-refractivity contribution in [3.05, 3.63) is 43.0 Å². The van der Waals surface area contributed by atoms with E-state index in [0.717, 1.165) is 0 Å². The number of ether oxygens (including phenoxy) is 2. The lowest BCUT2D eigenvalue weighted by Crippen LogP contribution is -2.45. The van der Waals surface area contributed by atoms with E-state index in [0.29, 0.717) is 22.7 Å². The van der Waals surface area contributed by atoms with E-state index in [1.807, 2.05) is 26.8 Å². The van der Waals surface area contributed by atoms with Crippen LogP contribution in [-0.2, 0) is 15.3 Å². The number of aliphatic hydroxyl groups excluding tert-OH is 2. The Morgan fingerprint density at radius 2 is 2.03 bits per heavy atom. The molecule has 0 spiro atoms. The predicted octanol–water partition coefficient (Wildman–Crippen LogP) is 1.48. The van der Waals surface area contributed by atoms with Crippen LogP contribution in [0.3, 0.4) is 0 Å². The van der Waals surface area contributed by atoms with Crippen molar-refractivity contribution in [2.24, 2.45) is 0 Å². The van der Waals surface area contributed by atoms with Crippen LogP contribution in [0, 0.1) is 0 Å².